The van der Waals surface area contributed by atoms with Crippen molar-refractivity contribution >= 4 is 27.5 Å². The van der Waals surface area contributed by atoms with E-state index in [1.165, 1.54) is 22.2 Å². The summed E-state index contributed by atoms with van der Waals surface area (Å²) in [5.74, 6) is 0.408. The van der Waals surface area contributed by atoms with Gasteiger partial charge in [-0.2, -0.15) is 0 Å². The fourth-order valence-corrected chi connectivity index (χ4v) is 3.70. The molecule has 0 saturated carbocycles. The first-order valence-corrected chi connectivity index (χ1v) is 9.69. The maximum atomic E-state index is 12.5. The van der Waals surface area contributed by atoms with Gasteiger partial charge in [0, 0.05) is 13.0 Å². The third-order valence-corrected chi connectivity index (χ3v) is 5.10. The first kappa shape index (κ1) is 18.3. The number of hydrogen-bond acceptors (Lipinski definition) is 4. The summed E-state index contributed by atoms with van der Waals surface area (Å²) in [4.78, 5) is 29.9. The second kappa shape index (κ2) is 8.27. The predicted octanol–water partition coefficient (Wildman–Crippen LogP) is 3.75. The molecule has 1 N–H and O–H groups in total. The largest absolute Gasteiger partial charge is 0.349 e. The number of rotatable bonds is 7. The smallest absolute Gasteiger partial charge is 0.262 e. The van der Waals surface area contributed by atoms with E-state index in [2.05, 4.69) is 24.1 Å². The average Bonchev–Trinajstić information content (AvgIpc) is 3.10. The van der Waals surface area contributed by atoms with Crippen LogP contribution >= 0.6 is 11.3 Å². The van der Waals surface area contributed by atoms with Crippen LogP contribution in [0, 0.1) is 5.92 Å². The summed E-state index contributed by atoms with van der Waals surface area (Å²) >= 11 is 1.44. The molecule has 6 heteroatoms. The van der Waals surface area contributed by atoms with Gasteiger partial charge in [-0.15, -0.1) is 11.3 Å². The normalized spacial score (nSPS) is 12.4. The fraction of sp³-hybridized carbons (Fsp3) is 0.350. The van der Waals surface area contributed by atoms with E-state index in [0.717, 1.165) is 16.8 Å². The molecule has 0 spiro atoms. The van der Waals surface area contributed by atoms with Gasteiger partial charge in [0.15, 0.2) is 0 Å². The van der Waals surface area contributed by atoms with Crippen LogP contribution in [0.3, 0.4) is 0 Å². The lowest BCUT2D eigenvalue weighted by Gasteiger charge is -2.21. The van der Waals surface area contributed by atoms with E-state index in [4.69, 9.17) is 0 Å². The molecule has 0 unspecified atom stereocenters. The van der Waals surface area contributed by atoms with Crippen molar-refractivity contribution < 1.29 is 4.79 Å². The molecule has 3 rings (SSSR count). The molecule has 0 aliphatic heterocycles. The van der Waals surface area contributed by atoms with Gasteiger partial charge in [0.2, 0.25) is 5.91 Å². The van der Waals surface area contributed by atoms with Crippen LogP contribution in [0.1, 0.15) is 38.3 Å². The molecular weight excluding hydrogens is 346 g/mol. The van der Waals surface area contributed by atoms with Crippen molar-refractivity contribution in [1.29, 1.82) is 0 Å². The number of aromatic nitrogens is 2. The van der Waals surface area contributed by atoms with Crippen LogP contribution in [0.5, 0.6) is 0 Å². The van der Waals surface area contributed by atoms with E-state index in [1.807, 2.05) is 35.7 Å². The molecule has 136 valence electrons. The number of carbonyl (C=O) groups excluding carboxylic acids is 1. The first-order valence-electron chi connectivity index (χ1n) is 8.81. The minimum atomic E-state index is -0.0918. The second-order valence-corrected chi connectivity index (χ2v) is 7.69. The lowest BCUT2D eigenvalue weighted by Crippen LogP contribution is -2.31. The molecule has 1 aromatic carbocycles. The zero-order valence-corrected chi connectivity index (χ0v) is 15.8. The molecule has 0 bridgehead atoms. The highest BCUT2D eigenvalue weighted by Gasteiger charge is 2.16. The topological polar surface area (TPSA) is 64.0 Å². The third kappa shape index (κ3) is 4.38. The number of carbonyl (C=O) groups is 1. The summed E-state index contributed by atoms with van der Waals surface area (Å²) in [6.07, 6.45) is 2.65. The van der Waals surface area contributed by atoms with Gasteiger partial charge in [-0.1, -0.05) is 44.2 Å². The van der Waals surface area contributed by atoms with Gasteiger partial charge in [-0.3, -0.25) is 14.2 Å². The lowest BCUT2D eigenvalue weighted by atomic mass is 9.97. The molecule has 0 radical (unpaired) electrons. The van der Waals surface area contributed by atoms with Crippen LogP contribution in [0.15, 0.2) is 52.9 Å². The third-order valence-electron chi connectivity index (χ3n) is 4.27. The average molecular weight is 369 g/mol. The van der Waals surface area contributed by atoms with Gasteiger partial charge < -0.3 is 5.32 Å². The van der Waals surface area contributed by atoms with Crippen LogP contribution in [0.25, 0.3) is 10.2 Å². The maximum absolute atomic E-state index is 12.5. The van der Waals surface area contributed by atoms with Gasteiger partial charge in [0.25, 0.3) is 5.56 Å². The number of amides is 1. The summed E-state index contributed by atoms with van der Waals surface area (Å²) in [6.45, 7) is 4.61. The Kier molecular flexibility index (Phi) is 5.83. The lowest BCUT2D eigenvalue weighted by molar-refractivity contribution is -0.122. The van der Waals surface area contributed by atoms with E-state index in [-0.39, 0.29) is 23.9 Å². The highest BCUT2D eigenvalue weighted by molar-refractivity contribution is 7.16. The number of benzene rings is 1. The van der Waals surface area contributed by atoms with Crippen molar-refractivity contribution in [1.82, 2.24) is 14.9 Å². The Morgan fingerprint density at radius 3 is 2.73 bits per heavy atom. The summed E-state index contributed by atoms with van der Waals surface area (Å²) in [5, 5.41) is 5.58. The van der Waals surface area contributed by atoms with E-state index < -0.39 is 0 Å². The van der Waals surface area contributed by atoms with Crippen LogP contribution in [0.2, 0.25) is 0 Å². The maximum Gasteiger partial charge on any atom is 0.262 e. The Morgan fingerprint density at radius 2 is 2.00 bits per heavy atom. The monoisotopic (exact) mass is 369 g/mol. The SMILES string of the molecule is CC(C)C[C@H](NC(=O)CCn1cnc2sccc2c1=O)c1ccccc1. The molecule has 0 aliphatic carbocycles. The van der Waals surface area contributed by atoms with Gasteiger partial charge in [0.1, 0.15) is 4.83 Å². The molecule has 3 aromatic rings. The molecule has 2 aromatic heterocycles. The van der Waals surface area contributed by atoms with Crippen molar-refractivity contribution in [2.24, 2.45) is 5.92 Å². The predicted molar refractivity (Wildman–Crippen MR) is 105 cm³/mol. The summed E-state index contributed by atoms with van der Waals surface area (Å²) in [7, 11) is 0. The standard InChI is InChI=1S/C20H23N3O2S/c1-14(2)12-17(15-6-4-3-5-7-15)22-18(24)8-10-23-13-21-19-16(20(23)25)9-11-26-19/h3-7,9,11,13-14,17H,8,10,12H2,1-2H3,(H,22,24)/t17-/m0/s1. The Hall–Kier alpha value is -2.47. The van der Waals surface area contributed by atoms with Crippen molar-refractivity contribution in [2.45, 2.75) is 39.3 Å². The highest BCUT2D eigenvalue weighted by Crippen LogP contribution is 2.21. The Labute approximate surface area is 156 Å². The minimum absolute atomic E-state index is 0.0158. The Morgan fingerprint density at radius 1 is 1.23 bits per heavy atom. The van der Waals surface area contributed by atoms with Gasteiger partial charge in [-0.25, -0.2) is 4.98 Å². The van der Waals surface area contributed by atoms with E-state index in [9.17, 15) is 9.59 Å². The van der Waals surface area contributed by atoms with Crippen molar-refractivity contribution in [3.8, 4) is 0 Å². The van der Waals surface area contributed by atoms with Gasteiger partial charge in [0.05, 0.1) is 17.8 Å². The fourth-order valence-electron chi connectivity index (χ4n) is 2.98. The Bertz CT molecular complexity index is 931. The zero-order chi connectivity index (χ0) is 18.5. The zero-order valence-electron chi connectivity index (χ0n) is 15.0. The molecular formula is C20H23N3O2S. The molecule has 0 aliphatic rings. The van der Waals surface area contributed by atoms with Crippen LogP contribution in [0.4, 0.5) is 0 Å². The van der Waals surface area contributed by atoms with Crippen molar-refractivity contribution in [3.05, 3.63) is 64.0 Å². The second-order valence-electron chi connectivity index (χ2n) is 6.79. The van der Waals surface area contributed by atoms with Crippen LogP contribution < -0.4 is 10.9 Å². The summed E-state index contributed by atoms with van der Waals surface area (Å²) in [6, 6.07) is 11.8. The molecule has 2 heterocycles. The molecule has 0 saturated heterocycles. The number of nitrogens with zero attached hydrogens (tertiary/aromatic N) is 2. The number of nitrogens with one attached hydrogen (secondary N) is 1. The van der Waals surface area contributed by atoms with Crippen molar-refractivity contribution in [3.63, 3.8) is 0 Å². The van der Waals surface area contributed by atoms with E-state index in [0.29, 0.717) is 17.8 Å². The highest BCUT2D eigenvalue weighted by atomic mass is 32.1. The number of fused-ring (bicyclic) bond motifs is 1. The van der Waals surface area contributed by atoms with Crippen LogP contribution in [-0.2, 0) is 11.3 Å². The summed E-state index contributed by atoms with van der Waals surface area (Å²) in [5.41, 5.74) is 1.01. The molecule has 5 nitrogen and oxygen atoms in total. The van der Waals surface area contributed by atoms with Crippen molar-refractivity contribution in [2.75, 3.05) is 0 Å². The molecule has 26 heavy (non-hydrogen) atoms. The first-order chi connectivity index (χ1) is 12.5. The summed E-state index contributed by atoms with van der Waals surface area (Å²) < 4.78 is 1.51. The number of hydrogen-bond donors (Lipinski definition) is 1. The van der Waals surface area contributed by atoms with E-state index in [1.54, 1.807) is 6.07 Å². The molecule has 0 fully saturated rings. The number of aryl methyl sites for hydroxylation is 1. The Balaban J connectivity index is 1.66. The van der Waals surface area contributed by atoms with Gasteiger partial charge in [-0.05, 0) is 29.3 Å². The van der Waals surface area contributed by atoms with Gasteiger partial charge >= 0.3 is 0 Å². The molecule has 1 atom stereocenters. The molecule has 1 amide bonds. The van der Waals surface area contributed by atoms with Crippen LogP contribution in [-0.4, -0.2) is 15.5 Å². The van der Waals surface area contributed by atoms with E-state index >= 15 is 0 Å². The quantitative estimate of drug-likeness (QED) is 0.690. The number of thiophene rings is 1. The minimum Gasteiger partial charge on any atom is -0.349 e.